The van der Waals surface area contributed by atoms with Crippen molar-refractivity contribution >= 4 is 5.78 Å². The van der Waals surface area contributed by atoms with Gasteiger partial charge in [-0.1, -0.05) is 6.07 Å². The van der Waals surface area contributed by atoms with E-state index in [1.54, 1.807) is 0 Å². The largest absolute Gasteiger partial charge is 0.494 e. The first-order chi connectivity index (χ1) is 10.0. The maximum atomic E-state index is 13.5. The quantitative estimate of drug-likeness (QED) is 0.781. The Bertz CT molecular complexity index is 669. The molecule has 5 heteroatoms. The first-order valence-corrected chi connectivity index (χ1v) is 6.32. The Kier molecular flexibility index (Phi) is 4.62. The molecule has 0 fully saturated rings. The number of aryl methyl sites for hydroxylation is 1. The molecular formula is C16H13F3O2. The monoisotopic (exact) mass is 294 g/mol. The maximum absolute atomic E-state index is 13.5. The van der Waals surface area contributed by atoms with Crippen LogP contribution < -0.4 is 4.74 Å². The van der Waals surface area contributed by atoms with Gasteiger partial charge in [0.1, 0.15) is 0 Å². The van der Waals surface area contributed by atoms with E-state index in [0.717, 1.165) is 18.2 Å². The van der Waals surface area contributed by atoms with Crippen molar-refractivity contribution in [2.24, 2.45) is 0 Å². The van der Waals surface area contributed by atoms with Gasteiger partial charge in [0.05, 0.1) is 7.11 Å². The van der Waals surface area contributed by atoms with E-state index < -0.39 is 17.5 Å². The summed E-state index contributed by atoms with van der Waals surface area (Å²) < 4.78 is 44.1. The minimum Gasteiger partial charge on any atom is -0.494 e. The van der Waals surface area contributed by atoms with Crippen LogP contribution in [0, 0.1) is 17.5 Å². The number of Topliss-reactive ketones (excluding diaryl/α,β-unsaturated/α-hetero) is 1. The molecule has 0 N–H and O–H groups in total. The van der Waals surface area contributed by atoms with Gasteiger partial charge in [-0.3, -0.25) is 4.79 Å². The molecule has 0 saturated carbocycles. The Morgan fingerprint density at radius 2 is 1.76 bits per heavy atom. The van der Waals surface area contributed by atoms with E-state index in [1.165, 1.54) is 25.3 Å². The molecule has 0 heterocycles. The summed E-state index contributed by atoms with van der Waals surface area (Å²) in [4.78, 5) is 11.9. The van der Waals surface area contributed by atoms with Crippen LogP contribution in [0.25, 0.3) is 0 Å². The number of methoxy groups -OCH3 is 1. The van der Waals surface area contributed by atoms with Crippen molar-refractivity contribution in [2.45, 2.75) is 12.8 Å². The van der Waals surface area contributed by atoms with Gasteiger partial charge >= 0.3 is 0 Å². The highest BCUT2D eigenvalue weighted by Gasteiger charge is 2.11. The van der Waals surface area contributed by atoms with Crippen LogP contribution in [-0.4, -0.2) is 12.9 Å². The van der Waals surface area contributed by atoms with Crippen molar-refractivity contribution in [2.75, 3.05) is 7.11 Å². The maximum Gasteiger partial charge on any atom is 0.165 e. The molecule has 2 nitrogen and oxygen atoms in total. The molecule has 0 aliphatic carbocycles. The van der Waals surface area contributed by atoms with Crippen LogP contribution >= 0.6 is 0 Å². The molecule has 0 aliphatic heterocycles. The van der Waals surface area contributed by atoms with Gasteiger partial charge in [-0.15, -0.1) is 0 Å². The molecule has 2 rings (SSSR count). The lowest BCUT2D eigenvalue weighted by molar-refractivity contribution is 0.0982. The molecule has 0 aromatic heterocycles. The van der Waals surface area contributed by atoms with Crippen molar-refractivity contribution in [1.82, 2.24) is 0 Å². The van der Waals surface area contributed by atoms with Crippen molar-refractivity contribution < 1.29 is 22.7 Å². The number of hydrogen-bond acceptors (Lipinski definition) is 2. The van der Waals surface area contributed by atoms with E-state index in [-0.39, 0.29) is 29.9 Å². The lowest BCUT2D eigenvalue weighted by Gasteiger charge is -2.05. The summed E-state index contributed by atoms with van der Waals surface area (Å²) in [7, 11) is 1.34. The number of carbonyl (C=O) groups excluding carboxylic acids is 1. The first kappa shape index (κ1) is 15.1. The Morgan fingerprint density at radius 1 is 1.00 bits per heavy atom. The average Bonchev–Trinajstić information content (AvgIpc) is 2.48. The fraction of sp³-hybridized carbons (Fsp3) is 0.188. The molecule has 0 atom stereocenters. The molecule has 110 valence electrons. The van der Waals surface area contributed by atoms with Crippen molar-refractivity contribution in [3.63, 3.8) is 0 Å². The van der Waals surface area contributed by atoms with Crippen molar-refractivity contribution in [1.29, 1.82) is 0 Å². The first-order valence-electron chi connectivity index (χ1n) is 6.32. The zero-order valence-electron chi connectivity index (χ0n) is 11.3. The van der Waals surface area contributed by atoms with E-state index in [4.69, 9.17) is 4.74 Å². The Hall–Kier alpha value is -2.30. The molecule has 21 heavy (non-hydrogen) atoms. The van der Waals surface area contributed by atoms with Crippen LogP contribution in [0.5, 0.6) is 5.75 Å². The Balaban J connectivity index is 2.04. The van der Waals surface area contributed by atoms with E-state index in [1.807, 2.05) is 0 Å². The van der Waals surface area contributed by atoms with Crippen LogP contribution in [-0.2, 0) is 6.42 Å². The SMILES string of the molecule is COc1ccc(C(=O)CCc2ccc(F)c(F)c2)cc1F. The van der Waals surface area contributed by atoms with Crippen LogP contribution in [0.3, 0.4) is 0 Å². The summed E-state index contributed by atoms with van der Waals surface area (Å²) in [6.07, 6.45) is 0.334. The highest BCUT2D eigenvalue weighted by atomic mass is 19.2. The van der Waals surface area contributed by atoms with E-state index >= 15 is 0 Å². The number of benzene rings is 2. The molecular weight excluding hydrogens is 281 g/mol. The molecule has 2 aromatic carbocycles. The second-order valence-electron chi connectivity index (χ2n) is 4.52. The highest BCUT2D eigenvalue weighted by Crippen LogP contribution is 2.19. The number of hydrogen-bond donors (Lipinski definition) is 0. The lowest BCUT2D eigenvalue weighted by atomic mass is 10.0. The predicted molar refractivity (Wildman–Crippen MR) is 72.0 cm³/mol. The Labute approximate surface area is 120 Å². The van der Waals surface area contributed by atoms with Crippen LogP contribution in [0.15, 0.2) is 36.4 Å². The second-order valence-corrected chi connectivity index (χ2v) is 4.52. The number of halogens is 3. The van der Waals surface area contributed by atoms with Gasteiger partial charge in [0.25, 0.3) is 0 Å². The van der Waals surface area contributed by atoms with Gasteiger partial charge in [-0.05, 0) is 42.3 Å². The molecule has 0 unspecified atom stereocenters. The molecule has 0 amide bonds. The standard InChI is InChI=1S/C16H13F3O2/c1-21-16-7-4-11(9-14(16)19)15(20)6-3-10-2-5-12(17)13(18)8-10/h2,4-5,7-9H,3,6H2,1H3. The molecule has 0 bridgehead atoms. The predicted octanol–water partition coefficient (Wildman–Crippen LogP) is 3.93. The number of ketones is 1. The molecule has 0 aliphatic rings. The molecule has 2 aromatic rings. The molecule has 0 radical (unpaired) electrons. The van der Waals surface area contributed by atoms with Crippen LogP contribution in [0.4, 0.5) is 13.2 Å². The third kappa shape index (κ3) is 3.62. The van der Waals surface area contributed by atoms with E-state index in [0.29, 0.717) is 5.56 Å². The summed E-state index contributed by atoms with van der Waals surface area (Å²) in [6, 6.07) is 7.43. The van der Waals surface area contributed by atoms with Crippen LogP contribution in [0.1, 0.15) is 22.3 Å². The minimum atomic E-state index is -0.949. The molecule has 0 saturated heterocycles. The van der Waals surface area contributed by atoms with Gasteiger partial charge in [-0.25, -0.2) is 13.2 Å². The number of carbonyl (C=O) groups is 1. The fourth-order valence-electron chi connectivity index (χ4n) is 1.94. The zero-order valence-corrected chi connectivity index (χ0v) is 11.3. The summed E-state index contributed by atoms with van der Waals surface area (Å²) in [5, 5.41) is 0. The smallest absolute Gasteiger partial charge is 0.165 e. The normalized spacial score (nSPS) is 10.5. The summed E-state index contributed by atoms with van der Waals surface area (Å²) in [6.45, 7) is 0. The minimum absolute atomic E-state index is 0.0622. The fourth-order valence-corrected chi connectivity index (χ4v) is 1.94. The second kappa shape index (κ2) is 6.43. The Morgan fingerprint density at radius 3 is 2.38 bits per heavy atom. The van der Waals surface area contributed by atoms with Crippen molar-refractivity contribution in [3.05, 3.63) is 65.0 Å². The van der Waals surface area contributed by atoms with Gasteiger partial charge in [-0.2, -0.15) is 0 Å². The van der Waals surface area contributed by atoms with E-state index in [9.17, 15) is 18.0 Å². The zero-order chi connectivity index (χ0) is 15.4. The molecule has 0 spiro atoms. The van der Waals surface area contributed by atoms with Gasteiger partial charge in [0.2, 0.25) is 0 Å². The third-order valence-corrected chi connectivity index (χ3v) is 3.10. The van der Waals surface area contributed by atoms with Gasteiger partial charge < -0.3 is 4.74 Å². The highest BCUT2D eigenvalue weighted by molar-refractivity contribution is 5.96. The lowest BCUT2D eigenvalue weighted by Crippen LogP contribution is -2.03. The summed E-state index contributed by atoms with van der Waals surface area (Å²) >= 11 is 0. The van der Waals surface area contributed by atoms with Gasteiger partial charge in [0, 0.05) is 12.0 Å². The third-order valence-electron chi connectivity index (χ3n) is 3.10. The van der Waals surface area contributed by atoms with E-state index in [2.05, 4.69) is 0 Å². The summed E-state index contributed by atoms with van der Waals surface area (Å²) in [5.74, 6) is -2.71. The van der Waals surface area contributed by atoms with Crippen molar-refractivity contribution in [3.8, 4) is 5.75 Å². The summed E-state index contributed by atoms with van der Waals surface area (Å²) in [5.41, 5.74) is 0.729. The topological polar surface area (TPSA) is 26.3 Å². The van der Waals surface area contributed by atoms with Gasteiger partial charge in [0.15, 0.2) is 29.0 Å². The number of rotatable bonds is 5. The van der Waals surface area contributed by atoms with Crippen LogP contribution in [0.2, 0.25) is 0 Å². The number of ether oxygens (including phenoxy) is 1. The average molecular weight is 294 g/mol.